The minimum Gasteiger partial charge on any atom is -0.481 e. The van der Waals surface area contributed by atoms with Crippen molar-refractivity contribution in [3.63, 3.8) is 0 Å². The number of piperidine rings is 1. The van der Waals surface area contributed by atoms with Gasteiger partial charge in [0.05, 0.1) is 18.5 Å². The molecule has 2 heterocycles. The maximum absolute atomic E-state index is 12.1. The number of aromatic nitrogens is 1. The largest absolute Gasteiger partial charge is 0.481 e. The van der Waals surface area contributed by atoms with Gasteiger partial charge in [-0.25, -0.2) is 4.98 Å². The van der Waals surface area contributed by atoms with Crippen molar-refractivity contribution >= 4 is 23.2 Å². The lowest BCUT2D eigenvalue weighted by Gasteiger charge is -2.26. The molecule has 0 aliphatic carbocycles. The van der Waals surface area contributed by atoms with Crippen molar-refractivity contribution in [1.82, 2.24) is 9.88 Å². The number of amides is 1. The van der Waals surface area contributed by atoms with Gasteiger partial charge in [0.15, 0.2) is 0 Å². The Bertz CT molecular complexity index is 478. The molecule has 1 saturated heterocycles. The first-order chi connectivity index (χ1) is 9.06. The third-order valence-electron chi connectivity index (χ3n) is 3.26. The van der Waals surface area contributed by atoms with Gasteiger partial charge in [0, 0.05) is 18.0 Å². The molecule has 1 N–H and O–H groups in total. The van der Waals surface area contributed by atoms with Gasteiger partial charge in [-0.15, -0.1) is 11.3 Å². The van der Waals surface area contributed by atoms with Gasteiger partial charge in [-0.3, -0.25) is 9.59 Å². The zero-order chi connectivity index (χ0) is 13.8. The van der Waals surface area contributed by atoms with E-state index in [-0.39, 0.29) is 12.3 Å². The van der Waals surface area contributed by atoms with E-state index in [9.17, 15) is 9.59 Å². The van der Waals surface area contributed by atoms with Crippen LogP contribution in [0.15, 0.2) is 0 Å². The molecule has 6 heteroatoms. The van der Waals surface area contributed by atoms with Gasteiger partial charge in [0.1, 0.15) is 5.01 Å². The van der Waals surface area contributed by atoms with Crippen molar-refractivity contribution in [2.75, 3.05) is 13.1 Å². The average Bonchev–Trinajstić information content (AvgIpc) is 2.70. The van der Waals surface area contributed by atoms with Crippen LogP contribution in [0.5, 0.6) is 0 Å². The molecule has 1 fully saturated rings. The number of nitrogens with zero attached hydrogens (tertiary/aromatic N) is 2. The number of hydrogen-bond donors (Lipinski definition) is 1. The molecular formula is C13H18N2O3S. The number of carbonyl (C=O) groups excluding carboxylic acids is 1. The molecule has 0 spiro atoms. The molecule has 0 unspecified atom stereocenters. The molecule has 0 bridgehead atoms. The lowest BCUT2D eigenvalue weighted by atomic mass is 10.1. The first kappa shape index (κ1) is 14.0. The molecule has 2 rings (SSSR count). The highest BCUT2D eigenvalue weighted by Gasteiger charge is 2.19. The highest BCUT2D eigenvalue weighted by atomic mass is 32.1. The van der Waals surface area contributed by atoms with E-state index >= 15 is 0 Å². The Morgan fingerprint density at radius 1 is 1.26 bits per heavy atom. The van der Waals surface area contributed by atoms with Crippen molar-refractivity contribution in [2.45, 2.75) is 39.0 Å². The number of carbonyl (C=O) groups is 2. The highest BCUT2D eigenvalue weighted by Crippen LogP contribution is 2.20. The summed E-state index contributed by atoms with van der Waals surface area (Å²) < 4.78 is 0. The van der Waals surface area contributed by atoms with Crippen LogP contribution < -0.4 is 0 Å². The van der Waals surface area contributed by atoms with Gasteiger partial charge in [-0.05, 0) is 26.2 Å². The monoisotopic (exact) mass is 282 g/mol. The number of rotatable bonds is 4. The SMILES string of the molecule is Cc1nc(CC(=O)N2CCCCC2)sc1CC(=O)O. The second-order valence-electron chi connectivity index (χ2n) is 4.80. The maximum Gasteiger partial charge on any atom is 0.308 e. The second kappa shape index (κ2) is 6.14. The lowest BCUT2D eigenvalue weighted by molar-refractivity contribution is -0.136. The summed E-state index contributed by atoms with van der Waals surface area (Å²) in [5.74, 6) is -0.754. The Kier molecular flexibility index (Phi) is 4.52. The van der Waals surface area contributed by atoms with Crippen LogP contribution in [0.1, 0.15) is 34.8 Å². The molecule has 0 radical (unpaired) electrons. The second-order valence-corrected chi connectivity index (χ2v) is 5.97. The third kappa shape index (κ3) is 3.76. The molecule has 104 valence electrons. The number of likely N-dealkylation sites (tertiary alicyclic amines) is 1. The number of aliphatic carboxylic acids is 1. The molecule has 0 atom stereocenters. The van der Waals surface area contributed by atoms with Crippen LogP contribution in [-0.2, 0) is 22.4 Å². The van der Waals surface area contributed by atoms with Crippen molar-refractivity contribution in [1.29, 1.82) is 0 Å². The van der Waals surface area contributed by atoms with Gasteiger partial charge >= 0.3 is 5.97 Å². The van der Waals surface area contributed by atoms with Gasteiger partial charge in [0.2, 0.25) is 5.91 Å². The van der Waals surface area contributed by atoms with E-state index in [0.29, 0.717) is 6.42 Å². The van der Waals surface area contributed by atoms with E-state index in [1.807, 2.05) is 4.90 Å². The van der Waals surface area contributed by atoms with E-state index in [2.05, 4.69) is 4.98 Å². The van der Waals surface area contributed by atoms with E-state index in [4.69, 9.17) is 5.11 Å². The van der Waals surface area contributed by atoms with E-state index in [0.717, 1.165) is 41.5 Å². The molecule has 5 nitrogen and oxygen atoms in total. The van der Waals surface area contributed by atoms with Crippen molar-refractivity contribution in [3.8, 4) is 0 Å². The zero-order valence-corrected chi connectivity index (χ0v) is 11.8. The summed E-state index contributed by atoms with van der Waals surface area (Å²) in [6.07, 6.45) is 3.63. The Morgan fingerprint density at radius 2 is 1.95 bits per heavy atom. The van der Waals surface area contributed by atoms with Gasteiger partial charge in [-0.2, -0.15) is 0 Å². The van der Waals surface area contributed by atoms with Gasteiger partial charge < -0.3 is 10.0 Å². The molecule has 1 aliphatic rings. The molecule has 0 aromatic carbocycles. The average molecular weight is 282 g/mol. The summed E-state index contributed by atoms with van der Waals surface area (Å²) in [5, 5.41) is 9.52. The molecule has 1 aromatic heterocycles. The molecule has 1 amide bonds. The third-order valence-corrected chi connectivity index (χ3v) is 4.42. The van der Waals surface area contributed by atoms with Crippen LogP contribution in [0.25, 0.3) is 0 Å². The molecule has 1 aliphatic heterocycles. The number of aryl methyl sites for hydroxylation is 1. The topological polar surface area (TPSA) is 70.5 Å². The number of hydrogen-bond acceptors (Lipinski definition) is 4. The first-order valence-corrected chi connectivity index (χ1v) is 7.32. The van der Waals surface area contributed by atoms with Crippen molar-refractivity contribution < 1.29 is 14.7 Å². The molecule has 1 aromatic rings. The maximum atomic E-state index is 12.1. The summed E-state index contributed by atoms with van der Waals surface area (Å²) in [6, 6.07) is 0. The Balaban J connectivity index is 1.98. The number of carboxylic acids is 1. The smallest absolute Gasteiger partial charge is 0.308 e. The van der Waals surface area contributed by atoms with Crippen molar-refractivity contribution in [2.24, 2.45) is 0 Å². The van der Waals surface area contributed by atoms with Gasteiger partial charge in [-0.1, -0.05) is 0 Å². The van der Waals surface area contributed by atoms with Crippen LogP contribution in [0.3, 0.4) is 0 Å². The van der Waals surface area contributed by atoms with Crippen molar-refractivity contribution in [3.05, 3.63) is 15.6 Å². The summed E-state index contributed by atoms with van der Waals surface area (Å²) in [6.45, 7) is 3.47. The minimum atomic E-state index is -0.861. The normalized spacial score (nSPS) is 15.5. The summed E-state index contributed by atoms with van der Waals surface area (Å²) in [4.78, 5) is 29.7. The Hall–Kier alpha value is -1.43. The zero-order valence-electron chi connectivity index (χ0n) is 11.0. The minimum absolute atomic E-state index is 0.0125. The molecule has 19 heavy (non-hydrogen) atoms. The summed E-state index contributed by atoms with van der Waals surface area (Å²) in [5.41, 5.74) is 0.730. The number of carboxylic acid groups (broad SMARTS) is 1. The standard InChI is InChI=1S/C13H18N2O3S/c1-9-10(7-13(17)18)19-11(14-9)8-12(16)15-5-3-2-4-6-15/h2-8H2,1H3,(H,17,18). The van der Waals surface area contributed by atoms with Crippen LogP contribution >= 0.6 is 11.3 Å². The van der Waals surface area contributed by atoms with E-state index in [1.54, 1.807) is 6.92 Å². The Morgan fingerprint density at radius 3 is 2.58 bits per heavy atom. The van der Waals surface area contributed by atoms with Crippen LogP contribution in [0.4, 0.5) is 0 Å². The first-order valence-electron chi connectivity index (χ1n) is 6.51. The summed E-state index contributed by atoms with van der Waals surface area (Å²) >= 11 is 1.34. The van der Waals surface area contributed by atoms with Crippen LogP contribution in [0, 0.1) is 6.92 Å². The predicted molar refractivity (Wildman–Crippen MR) is 72.3 cm³/mol. The Labute approximate surface area is 116 Å². The predicted octanol–water partition coefficient (Wildman–Crippen LogP) is 1.63. The molecular weight excluding hydrogens is 264 g/mol. The fourth-order valence-electron chi connectivity index (χ4n) is 2.25. The lowest BCUT2D eigenvalue weighted by Crippen LogP contribution is -2.36. The van der Waals surface area contributed by atoms with Crippen LogP contribution in [0.2, 0.25) is 0 Å². The van der Waals surface area contributed by atoms with E-state index in [1.165, 1.54) is 17.8 Å². The number of thiazole rings is 1. The van der Waals surface area contributed by atoms with Crippen LogP contribution in [-0.4, -0.2) is 40.0 Å². The van der Waals surface area contributed by atoms with Gasteiger partial charge in [0.25, 0.3) is 0 Å². The highest BCUT2D eigenvalue weighted by molar-refractivity contribution is 7.11. The molecule has 0 saturated carbocycles. The fraction of sp³-hybridized carbons (Fsp3) is 0.615. The van der Waals surface area contributed by atoms with E-state index < -0.39 is 5.97 Å². The quantitative estimate of drug-likeness (QED) is 0.911. The fourth-order valence-corrected chi connectivity index (χ4v) is 3.30. The summed E-state index contributed by atoms with van der Waals surface area (Å²) in [7, 11) is 0.